The second kappa shape index (κ2) is 5.03. The molecule has 0 bridgehead atoms. The number of likely N-dealkylation sites (N-methyl/N-ethyl adjacent to an activating group) is 1. The second-order valence-corrected chi connectivity index (χ2v) is 4.88. The lowest BCUT2D eigenvalue weighted by Crippen LogP contribution is -2.33. The van der Waals surface area contributed by atoms with E-state index >= 15 is 0 Å². The molecule has 0 saturated carbocycles. The van der Waals surface area contributed by atoms with E-state index < -0.39 is 0 Å². The average molecular weight is 255 g/mol. The molecule has 2 aromatic rings. The Hall–Kier alpha value is -1.11. The summed E-state index contributed by atoms with van der Waals surface area (Å²) in [6, 6.07) is 0.218. The van der Waals surface area contributed by atoms with E-state index in [4.69, 9.17) is 4.74 Å². The predicted octanol–water partition coefficient (Wildman–Crippen LogP) is 1.36. The summed E-state index contributed by atoms with van der Waals surface area (Å²) < 4.78 is 7.07. The molecule has 0 aliphatic carbocycles. The summed E-state index contributed by atoms with van der Waals surface area (Å²) in [4.78, 5) is 7.48. The molecule has 5 nitrogen and oxygen atoms in total. The van der Waals surface area contributed by atoms with E-state index in [1.165, 1.54) is 0 Å². The number of aliphatic hydroxyl groups is 1. The molecule has 2 aromatic heterocycles. The highest BCUT2D eigenvalue weighted by atomic mass is 32.1. The number of fused-ring (bicyclic) bond motifs is 1. The van der Waals surface area contributed by atoms with Gasteiger partial charge in [0.2, 0.25) is 0 Å². The van der Waals surface area contributed by atoms with Gasteiger partial charge in [0, 0.05) is 25.7 Å². The molecule has 6 heteroatoms. The zero-order valence-corrected chi connectivity index (χ0v) is 11.1. The van der Waals surface area contributed by atoms with Crippen LogP contribution < -0.4 is 4.90 Å². The Morgan fingerprint density at radius 1 is 1.65 bits per heavy atom. The van der Waals surface area contributed by atoms with Crippen LogP contribution in [0, 0.1) is 0 Å². The van der Waals surface area contributed by atoms with Crippen LogP contribution in [-0.4, -0.2) is 41.3 Å². The molecule has 2 rings (SSSR count). The highest BCUT2D eigenvalue weighted by Crippen LogP contribution is 2.25. The number of anilines is 1. The third-order valence-electron chi connectivity index (χ3n) is 2.89. The summed E-state index contributed by atoms with van der Waals surface area (Å²) in [5.41, 5.74) is 0.826. The summed E-state index contributed by atoms with van der Waals surface area (Å²) in [5, 5.41) is 11.4. The zero-order chi connectivity index (χ0) is 12.4. The Balaban J connectivity index is 2.36. The molecule has 0 aromatic carbocycles. The number of aliphatic hydroxyl groups excluding tert-OH is 1. The fourth-order valence-electron chi connectivity index (χ4n) is 1.81. The summed E-state index contributed by atoms with van der Waals surface area (Å²) >= 11 is 1.56. The molecule has 0 saturated heterocycles. The molecular formula is C11H17N3O2S. The van der Waals surface area contributed by atoms with Gasteiger partial charge in [0.25, 0.3) is 0 Å². The first-order chi connectivity index (χ1) is 8.19. The number of methoxy groups -OCH3 is 1. The Morgan fingerprint density at radius 3 is 3.06 bits per heavy atom. The summed E-state index contributed by atoms with van der Waals surface area (Å²) in [7, 11) is 3.65. The van der Waals surface area contributed by atoms with Crippen molar-refractivity contribution in [1.29, 1.82) is 0 Å². The molecule has 1 atom stereocenters. The molecule has 17 heavy (non-hydrogen) atoms. The molecule has 0 spiro atoms. The lowest BCUT2D eigenvalue weighted by molar-refractivity contribution is 0.183. The van der Waals surface area contributed by atoms with Crippen LogP contribution in [0.5, 0.6) is 0 Å². The fraction of sp³-hybridized carbons (Fsp3) is 0.545. The number of imidazole rings is 1. The van der Waals surface area contributed by atoms with Gasteiger partial charge >= 0.3 is 0 Å². The molecule has 0 aliphatic rings. The van der Waals surface area contributed by atoms with Crippen LogP contribution in [0.25, 0.3) is 4.96 Å². The van der Waals surface area contributed by atoms with E-state index in [-0.39, 0.29) is 12.6 Å². The summed E-state index contributed by atoms with van der Waals surface area (Å²) in [5.74, 6) is 0.823. The van der Waals surface area contributed by atoms with Crippen molar-refractivity contribution in [3.8, 4) is 0 Å². The van der Waals surface area contributed by atoms with E-state index in [0.717, 1.165) is 16.5 Å². The maximum Gasteiger partial charge on any atom is 0.195 e. The van der Waals surface area contributed by atoms with Gasteiger partial charge in [-0.2, -0.15) is 0 Å². The van der Waals surface area contributed by atoms with E-state index in [9.17, 15) is 5.11 Å². The van der Waals surface area contributed by atoms with Crippen molar-refractivity contribution in [2.45, 2.75) is 19.6 Å². The molecule has 0 aliphatic heterocycles. The summed E-state index contributed by atoms with van der Waals surface area (Å²) in [6.07, 6.45) is 1.93. The quantitative estimate of drug-likeness (QED) is 0.876. The van der Waals surface area contributed by atoms with Crippen LogP contribution in [0.2, 0.25) is 0 Å². The Bertz CT molecular complexity index is 494. The highest BCUT2D eigenvalue weighted by molar-refractivity contribution is 7.15. The normalized spacial score (nSPS) is 13.2. The zero-order valence-electron chi connectivity index (χ0n) is 10.3. The maximum absolute atomic E-state index is 9.47. The van der Waals surface area contributed by atoms with Gasteiger partial charge in [-0.25, -0.2) is 4.98 Å². The Morgan fingerprint density at radius 2 is 2.41 bits per heavy atom. The van der Waals surface area contributed by atoms with Crippen molar-refractivity contribution in [3.63, 3.8) is 0 Å². The van der Waals surface area contributed by atoms with Crippen LogP contribution in [0.1, 0.15) is 12.6 Å². The van der Waals surface area contributed by atoms with Crippen LogP contribution in [-0.2, 0) is 11.3 Å². The highest BCUT2D eigenvalue weighted by Gasteiger charge is 2.19. The largest absolute Gasteiger partial charge is 0.390 e. The van der Waals surface area contributed by atoms with Gasteiger partial charge in [-0.05, 0) is 6.92 Å². The molecule has 0 radical (unpaired) electrons. The first-order valence-corrected chi connectivity index (χ1v) is 6.34. The molecule has 0 fully saturated rings. The van der Waals surface area contributed by atoms with E-state index in [1.54, 1.807) is 18.4 Å². The van der Waals surface area contributed by atoms with Gasteiger partial charge < -0.3 is 14.7 Å². The average Bonchev–Trinajstić information content (AvgIpc) is 2.87. The molecule has 94 valence electrons. The molecular weight excluding hydrogens is 238 g/mol. The van der Waals surface area contributed by atoms with Crippen LogP contribution in [0.15, 0.2) is 11.6 Å². The monoisotopic (exact) mass is 255 g/mol. The minimum absolute atomic E-state index is 0.0166. The van der Waals surface area contributed by atoms with E-state index in [2.05, 4.69) is 11.9 Å². The van der Waals surface area contributed by atoms with Crippen molar-refractivity contribution in [2.24, 2.45) is 0 Å². The number of ether oxygens (including phenoxy) is 1. The van der Waals surface area contributed by atoms with Crippen LogP contribution in [0.4, 0.5) is 5.82 Å². The standard InChI is InChI=1S/C11H17N3O2S/c1-8(7-16-3)13(2)10-9(6-15)14-4-5-17-11(14)12-10/h4-5,8,15H,6-7H2,1-3H3. The van der Waals surface area contributed by atoms with Gasteiger partial charge in [-0.3, -0.25) is 4.40 Å². The number of hydrogen-bond donors (Lipinski definition) is 1. The number of aromatic nitrogens is 2. The minimum Gasteiger partial charge on any atom is -0.390 e. The number of thiazole rings is 1. The number of hydrogen-bond acceptors (Lipinski definition) is 5. The first-order valence-electron chi connectivity index (χ1n) is 5.46. The Kier molecular flexibility index (Phi) is 3.66. The molecule has 2 heterocycles. The van der Waals surface area contributed by atoms with Crippen molar-refractivity contribution >= 4 is 22.1 Å². The number of nitrogens with zero attached hydrogens (tertiary/aromatic N) is 3. The van der Waals surface area contributed by atoms with Crippen molar-refractivity contribution in [2.75, 3.05) is 25.7 Å². The van der Waals surface area contributed by atoms with Gasteiger partial charge in [-0.1, -0.05) is 0 Å². The van der Waals surface area contributed by atoms with Crippen molar-refractivity contribution in [3.05, 3.63) is 17.3 Å². The lowest BCUT2D eigenvalue weighted by atomic mass is 10.3. The predicted molar refractivity (Wildman–Crippen MR) is 68.7 cm³/mol. The third kappa shape index (κ3) is 2.15. The Labute approximate surface area is 104 Å². The smallest absolute Gasteiger partial charge is 0.195 e. The van der Waals surface area contributed by atoms with E-state index in [1.807, 2.05) is 27.9 Å². The number of rotatable bonds is 5. The summed E-state index contributed by atoms with van der Waals surface area (Å²) in [6.45, 7) is 2.68. The SMILES string of the molecule is COCC(C)N(C)c1nc2sccn2c1CO. The van der Waals surface area contributed by atoms with Gasteiger partial charge in [0.1, 0.15) is 0 Å². The van der Waals surface area contributed by atoms with Crippen molar-refractivity contribution < 1.29 is 9.84 Å². The van der Waals surface area contributed by atoms with Gasteiger partial charge in [0.05, 0.1) is 24.9 Å². The third-order valence-corrected chi connectivity index (χ3v) is 3.65. The van der Waals surface area contributed by atoms with Gasteiger partial charge in [-0.15, -0.1) is 11.3 Å². The van der Waals surface area contributed by atoms with Crippen LogP contribution in [0.3, 0.4) is 0 Å². The minimum atomic E-state index is -0.0166. The van der Waals surface area contributed by atoms with E-state index in [0.29, 0.717) is 6.61 Å². The fourth-order valence-corrected chi connectivity index (χ4v) is 2.54. The van der Waals surface area contributed by atoms with Crippen LogP contribution >= 0.6 is 11.3 Å². The molecule has 1 N–H and O–H groups in total. The molecule has 1 unspecified atom stereocenters. The maximum atomic E-state index is 9.47. The second-order valence-electron chi connectivity index (χ2n) is 4.01. The van der Waals surface area contributed by atoms with Gasteiger partial charge in [0.15, 0.2) is 10.8 Å². The first kappa shape index (κ1) is 12.3. The molecule has 0 amide bonds. The lowest BCUT2D eigenvalue weighted by Gasteiger charge is -2.25. The van der Waals surface area contributed by atoms with Crippen molar-refractivity contribution in [1.82, 2.24) is 9.38 Å². The topological polar surface area (TPSA) is 50.0 Å².